The van der Waals surface area contributed by atoms with E-state index >= 15 is 0 Å². The molecule has 0 aliphatic heterocycles. The fourth-order valence-electron chi connectivity index (χ4n) is 3.95. The van der Waals surface area contributed by atoms with Gasteiger partial charge in [-0.25, -0.2) is 4.98 Å². The zero-order chi connectivity index (χ0) is 22.9. The number of aromatic nitrogens is 4. The number of hydrogen-bond donors (Lipinski definition) is 3. The molecule has 1 aliphatic carbocycles. The number of aliphatic hydroxyl groups is 2. The molecule has 2 aromatic heterocycles. The van der Waals surface area contributed by atoms with E-state index in [4.69, 9.17) is 16.7 Å². The number of nitrogens with one attached hydrogen (secondary N) is 1. The van der Waals surface area contributed by atoms with E-state index in [1.54, 1.807) is 10.9 Å². The first-order chi connectivity index (χ1) is 15.2. The molecule has 172 valence electrons. The maximum atomic E-state index is 12.8. The summed E-state index contributed by atoms with van der Waals surface area (Å²) in [5.74, 6) is 0.841. The number of rotatable bonds is 8. The van der Waals surface area contributed by atoms with Crippen molar-refractivity contribution < 1.29 is 23.4 Å². The molecule has 3 atom stereocenters. The Labute approximate surface area is 187 Å². The number of hydrogen-bond acceptors (Lipinski definition) is 6. The SMILES string of the molecule is OCC(O)CCC1CCC1Nc1nc(Cl)nc2ncn(Cc3ccc(C(F)(F)F)cc3)c12. The van der Waals surface area contributed by atoms with Crippen LogP contribution in [0.3, 0.4) is 0 Å². The van der Waals surface area contributed by atoms with Crippen LogP contribution in [0.4, 0.5) is 19.0 Å². The lowest BCUT2D eigenvalue weighted by Gasteiger charge is -2.38. The van der Waals surface area contributed by atoms with E-state index in [-0.39, 0.29) is 17.9 Å². The third-order valence-electron chi connectivity index (χ3n) is 5.90. The molecule has 1 saturated carbocycles. The van der Waals surface area contributed by atoms with Gasteiger partial charge in [-0.05, 0) is 60.9 Å². The Morgan fingerprint density at radius 1 is 1.19 bits per heavy atom. The van der Waals surface area contributed by atoms with Crippen molar-refractivity contribution in [2.45, 2.75) is 50.6 Å². The number of aliphatic hydroxyl groups excluding tert-OH is 2. The molecule has 0 amide bonds. The van der Waals surface area contributed by atoms with E-state index in [1.807, 2.05) is 0 Å². The summed E-state index contributed by atoms with van der Waals surface area (Å²) < 4.78 is 40.3. The highest BCUT2D eigenvalue weighted by Crippen LogP contribution is 2.36. The van der Waals surface area contributed by atoms with Gasteiger partial charge < -0.3 is 20.1 Å². The highest BCUT2D eigenvalue weighted by molar-refractivity contribution is 6.28. The standard InChI is InChI=1S/C21H23ClF3N5O2/c22-20-28-18-17(19(29-20)27-16-8-4-13(16)3-7-15(32)10-31)30(11-26-18)9-12-1-5-14(6-2-12)21(23,24)25/h1-2,5-6,11,13,15-16,31-32H,3-4,7-10H2,(H,27,28,29). The minimum absolute atomic E-state index is 0.0476. The normalized spacial score (nSPS) is 19.7. The van der Waals surface area contributed by atoms with Crippen LogP contribution in [-0.2, 0) is 12.7 Å². The van der Waals surface area contributed by atoms with Crippen LogP contribution in [0.1, 0.15) is 36.8 Å². The molecule has 4 rings (SSSR count). The minimum atomic E-state index is -4.38. The van der Waals surface area contributed by atoms with Crippen molar-refractivity contribution in [1.29, 1.82) is 0 Å². The van der Waals surface area contributed by atoms with Crippen molar-refractivity contribution in [1.82, 2.24) is 19.5 Å². The molecule has 0 radical (unpaired) electrons. The summed E-state index contributed by atoms with van der Waals surface area (Å²) in [6, 6.07) is 5.12. The molecule has 1 fully saturated rings. The second-order valence-electron chi connectivity index (χ2n) is 8.08. The molecule has 11 heteroatoms. The first kappa shape index (κ1) is 22.8. The van der Waals surface area contributed by atoms with Gasteiger partial charge in [-0.15, -0.1) is 0 Å². The van der Waals surface area contributed by atoms with Crippen molar-refractivity contribution in [2.75, 3.05) is 11.9 Å². The quantitative estimate of drug-likeness (QED) is 0.433. The topological polar surface area (TPSA) is 96.1 Å². The summed E-state index contributed by atoms with van der Waals surface area (Å²) in [4.78, 5) is 12.8. The van der Waals surface area contributed by atoms with Crippen molar-refractivity contribution in [3.05, 3.63) is 47.0 Å². The van der Waals surface area contributed by atoms with Gasteiger partial charge in [-0.1, -0.05) is 12.1 Å². The third kappa shape index (κ3) is 4.97. The Morgan fingerprint density at radius 3 is 2.56 bits per heavy atom. The van der Waals surface area contributed by atoms with Crippen molar-refractivity contribution >= 4 is 28.6 Å². The molecule has 0 saturated heterocycles. The molecule has 3 N–H and O–H groups in total. The third-order valence-corrected chi connectivity index (χ3v) is 6.07. The highest BCUT2D eigenvalue weighted by atomic mass is 35.5. The van der Waals surface area contributed by atoms with Crippen LogP contribution in [0.5, 0.6) is 0 Å². The average Bonchev–Trinajstić information content (AvgIpc) is 3.13. The van der Waals surface area contributed by atoms with Crippen LogP contribution in [0.25, 0.3) is 11.2 Å². The van der Waals surface area contributed by atoms with Crippen LogP contribution in [0, 0.1) is 5.92 Å². The van der Waals surface area contributed by atoms with Crippen molar-refractivity contribution in [3.8, 4) is 0 Å². The first-order valence-corrected chi connectivity index (χ1v) is 10.7. The summed E-state index contributed by atoms with van der Waals surface area (Å²) in [6.07, 6.45) is -0.319. The Hall–Kier alpha value is -2.43. The molecule has 2 heterocycles. The number of nitrogens with zero attached hydrogens (tertiary/aromatic N) is 4. The monoisotopic (exact) mass is 469 g/mol. The van der Waals surface area contributed by atoms with Gasteiger partial charge in [0.1, 0.15) is 5.52 Å². The number of benzene rings is 1. The Kier molecular flexibility index (Phi) is 6.55. The second-order valence-corrected chi connectivity index (χ2v) is 8.42. The lowest BCUT2D eigenvalue weighted by atomic mass is 9.76. The lowest BCUT2D eigenvalue weighted by Crippen LogP contribution is -2.39. The minimum Gasteiger partial charge on any atom is -0.394 e. The maximum absolute atomic E-state index is 12.8. The Morgan fingerprint density at radius 2 is 1.94 bits per heavy atom. The van der Waals surface area contributed by atoms with E-state index in [0.29, 0.717) is 41.4 Å². The van der Waals surface area contributed by atoms with Gasteiger partial charge in [0.05, 0.1) is 24.6 Å². The number of anilines is 1. The van der Waals surface area contributed by atoms with Crippen molar-refractivity contribution in [2.24, 2.45) is 5.92 Å². The molecule has 32 heavy (non-hydrogen) atoms. The smallest absolute Gasteiger partial charge is 0.394 e. The van der Waals surface area contributed by atoms with Crippen LogP contribution < -0.4 is 5.32 Å². The van der Waals surface area contributed by atoms with Gasteiger partial charge >= 0.3 is 6.18 Å². The predicted octanol–water partition coefficient (Wildman–Crippen LogP) is 3.87. The number of alkyl halides is 3. The molecule has 0 bridgehead atoms. The zero-order valence-corrected chi connectivity index (χ0v) is 17.8. The van der Waals surface area contributed by atoms with Crippen LogP contribution in [-0.4, -0.2) is 48.5 Å². The summed E-state index contributed by atoms with van der Waals surface area (Å²) >= 11 is 6.08. The van der Waals surface area contributed by atoms with Crippen LogP contribution >= 0.6 is 11.6 Å². The van der Waals surface area contributed by atoms with Gasteiger partial charge in [0.2, 0.25) is 5.28 Å². The largest absolute Gasteiger partial charge is 0.416 e. The second kappa shape index (κ2) is 9.21. The van der Waals surface area contributed by atoms with E-state index in [0.717, 1.165) is 31.4 Å². The Balaban J connectivity index is 1.54. The first-order valence-electron chi connectivity index (χ1n) is 10.3. The average molecular weight is 470 g/mol. The highest BCUT2D eigenvalue weighted by Gasteiger charge is 2.32. The molecule has 1 aliphatic rings. The summed E-state index contributed by atoms with van der Waals surface area (Å²) in [7, 11) is 0. The summed E-state index contributed by atoms with van der Waals surface area (Å²) in [5.41, 5.74) is 0.996. The van der Waals surface area contributed by atoms with Gasteiger partial charge in [0, 0.05) is 12.6 Å². The van der Waals surface area contributed by atoms with Gasteiger partial charge in [0.25, 0.3) is 0 Å². The molecule has 7 nitrogen and oxygen atoms in total. The van der Waals surface area contributed by atoms with Crippen LogP contribution in [0.2, 0.25) is 5.28 Å². The molecular formula is C21H23ClF3N5O2. The van der Waals surface area contributed by atoms with Crippen LogP contribution in [0.15, 0.2) is 30.6 Å². The fourth-order valence-corrected chi connectivity index (χ4v) is 4.11. The Bertz CT molecular complexity index is 1070. The van der Waals surface area contributed by atoms with Gasteiger partial charge in [-0.3, -0.25) is 0 Å². The van der Waals surface area contributed by atoms with E-state index in [9.17, 15) is 18.3 Å². The lowest BCUT2D eigenvalue weighted by molar-refractivity contribution is -0.137. The van der Waals surface area contributed by atoms with E-state index < -0.39 is 17.8 Å². The molecule has 0 spiro atoms. The summed E-state index contributed by atoms with van der Waals surface area (Å²) in [5, 5.41) is 22.1. The fraction of sp³-hybridized carbons (Fsp3) is 0.476. The molecule has 1 aromatic carbocycles. The number of halogens is 4. The van der Waals surface area contributed by atoms with E-state index in [1.165, 1.54) is 12.1 Å². The number of imidazole rings is 1. The predicted molar refractivity (Wildman–Crippen MR) is 113 cm³/mol. The molecular weight excluding hydrogens is 447 g/mol. The van der Waals surface area contributed by atoms with Gasteiger partial charge in [0.15, 0.2) is 11.5 Å². The number of fused-ring (bicyclic) bond motifs is 1. The van der Waals surface area contributed by atoms with Crippen molar-refractivity contribution in [3.63, 3.8) is 0 Å². The zero-order valence-electron chi connectivity index (χ0n) is 17.1. The molecule has 3 aromatic rings. The molecule has 3 unspecified atom stereocenters. The van der Waals surface area contributed by atoms with Gasteiger partial charge in [-0.2, -0.15) is 23.1 Å². The summed E-state index contributed by atoms with van der Waals surface area (Å²) in [6.45, 7) is 0.0428. The maximum Gasteiger partial charge on any atom is 0.416 e. The van der Waals surface area contributed by atoms with E-state index in [2.05, 4.69) is 20.3 Å².